The lowest BCUT2D eigenvalue weighted by molar-refractivity contribution is 0.581. The average Bonchev–Trinajstić information content (AvgIpc) is 2.52. The first kappa shape index (κ1) is 17.0. The Labute approximate surface area is 136 Å². The van der Waals surface area contributed by atoms with E-state index in [0.717, 1.165) is 24.2 Å². The molecule has 0 amide bonds. The number of hydrogen-bond acceptors (Lipinski definition) is 3. The van der Waals surface area contributed by atoms with Crippen LogP contribution in [0.4, 0.5) is 0 Å². The van der Waals surface area contributed by atoms with E-state index in [2.05, 4.69) is 10.0 Å². The highest BCUT2D eigenvalue weighted by Crippen LogP contribution is 2.13. The Morgan fingerprint density at radius 1 is 1.00 bits per heavy atom. The Balaban J connectivity index is 2.03. The van der Waals surface area contributed by atoms with Gasteiger partial charge in [-0.25, -0.2) is 13.1 Å². The molecule has 2 N–H and O–H groups in total. The normalized spacial score (nSPS) is 11.5. The molecule has 0 unspecified atom stereocenters. The number of nitrogens with one attached hydrogen (secondary N) is 2. The molecular weight excluding hydrogens is 320 g/mol. The summed E-state index contributed by atoms with van der Waals surface area (Å²) in [6.45, 7) is 3.84. The largest absolute Gasteiger partial charge is 0.313 e. The van der Waals surface area contributed by atoms with E-state index in [0.29, 0.717) is 5.02 Å². The SMILES string of the molecule is CCNCc1ccc(S(=O)(=O)NCc2cccc(Cl)c2)cc1. The summed E-state index contributed by atoms with van der Waals surface area (Å²) >= 11 is 5.89. The number of rotatable bonds is 7. The Morgan fingerprint density at radius 3 is 2.36 bits per heavy atom. The molecule has 2 rings (SSSR count). The van der Waals surface area contributed by atoms with E-state index in [-0.39, 0.29) is 11.4 Å². The van der Waals surface area contributed by atoms with Gasteiger partial charge in [-0.1, -0.05) is 42.8 Å². The van der Waals surface area contributed by atoms with Crippen molar-refractivity contribution in [2.75, 3.05) is 6.54 Å². The van der Waals surface area contributed by atoms with Gasteiger partial charge in [-0.3, -0.25) is 0 Å². The lowest BCUT2D eigenvalue weighted by atomic mass is 10.2. The van der Waals surface area contributed by atoms with Crippen LogP contribution in [0.3, 0.4) is 0 Å². The molecule has 0 aliphatic heterocycles. The van der Waals surface area contributed by atoms with E-state index in [1.54, 1.807) is 30.3 Å². The van der Waals surface area contributed by atoms with Gasteiger partial charge in [0.25, 0.3) is 0 Å². The molecule has 0 saturated heterocycles. The van der Waals surface area contributed by atoms with Gasteiger partial charge in [0.2, 0.25) is 10.0 Å². The van der Waals surface area contributed by atoms with Gasteiger partial charge in [0, 0.05) is 18.1 Å². The molecule has 2 aromatic carbocycles. The second-order valence-corrected chi connectivity index (χ2v) is 7.08. The number of halogens is 1. The third-order valence-electron chi connectivity index (χ3n) is 3.17. The van der Waals surface area contributed by atoms with E-state index in [4.69, 9.17) is 11.6 Å². The van der Waals surface area contributed by atoms with Crippen LogP contribution in [0.15, 0.2) is 53.4 Å². The van der Waals surface area contributed by atoms with Gasteiger partial charge in [0.05, 0.1) is 4.90 Å². The standard InChI is InChI=1S/C16H19ClN2O2S/c1-2-18-11-13-6-8-16(9-7-13)22(20,21)19-12-14-4-3-5-15(17)10-14/h3-10,18-19H,2,11-12H2,1H3. The van der Waals surface area contributed by atoms with Crippen molar-refractivity contribution < 1.29 is 8.42 Å². The van der Waals surface area contributed by atoms with Crippen LogP contribution in [0.5, 0.6) is 0 Å². The molecule has 0 fully saturated rings. The summed E-state index contributed by atoms with van der Waals surface area (Å²) in [5.74, 6) is 0. The first-order valence-electron chi connectivity index (χ1n) is 7.05. The van der Waals surface area contributed by atoms with Crippen LogP contribution in [0.1, 0.15) is 18.1 Å². The molecule has 0 aromatic heterocycles. The minimum absolute atomic E-state index is 0.210. The van der Waals surface area contributed by atoms with Crippen molar-refractivity contribution >= 4 is 21.6 Å². The molecule has 0 aliphatic rings. The first-order chi connectivity index (χ1) is 10.5. The van der Waals surface area contributed by atoms with E-state index < -0.39 is 10.0 Å². The predicted molar refractivity (Wildman–Crippen MR) is 89.3 cm³/mol. The van der Waals surface area contributed by atoms with Crippen molar-refractivity contribution in [3.63, 3.8) is 0 Å². The summed E-state index contributed by atoms with van der Waals surface area (Å²) in [5.41, 5.74) is 1.87. The average molecular weight is 339 g/mol. The van der Waals surface area contributed by atoms with Crippen LogP contribution in [0.25, 0.3) is 0 Å². The van der Waals surface area contributed by atoms with E-state index in [1.807, 2.05) is 25.1 Å². The molecule has 118 valence electrons. The van der Waals surface area contributed by atoms with E-state index >= 15 is 0 Å². The summed E-state index contributed by atoms with van der Waals surface area (Å²) in [5, 5.41) is 3.78. The zero-order valence-electron chi connectivity index (χ0n) is 12.3. The van der Waals surface area contributed by atoms with Crippen LogP contribution in [-0.2, 0) is 23.1 Å². The van der Waals surface area contributed by atoms with Gasteiger partial charge < -0.3 is 5.32 Å². The molecule has 0 atom stereocenters. The van der Waals surface area contributed by atoms with Crippen molar-refractivity contribution in [3.8, 4) is 0 Å². The maximum atomic E-state index is 12.3. The number of hydrogen-bond donors (Lipinski definition) is 2. The third kappa shape index (κ3) is 4.81. The molecular formula is C16H19ClN2O2S. The van der Waals surface area contributed by atoms with Gasteiger partial charge in [0.1, 0.15) is 0 Å². The summed E-state index contributed by atoms with van der Waals surface area (Å²) in [6.07, 6.45) is 0. The van der Waals surface area contributed by atoms with E-state index in [1.165, 1.54) is 0 Å². The molecule has 0 spiro atoms. The van der Waals surface area contributed by atoms with Crippen LogP contribution >= 0.6 is 11.6 Å². The fourth-order valence-electron chi connectivity index (χ4n) is 1.96. The van der Waals surface area contributed by atoms with Crippen molar-refractivity contribution in [2.24, 2.45) is 0 Å². The molecule has 22 heavy (non-hydrogen) atoms. The zero-order chi connectivity index (χ0) is 16.0. The molecule has 0 heterocycles. The van der Waals surface area contributed by atoms with E-state index in [9.17, 15) is 8.42 Å². The highest BCUT2D eigenvalue weighted by Gasteiger charge is 2.13. The molecule has 0 radical (unpaired) electrons. The summed E-state index contributed by atoms with van der Waals surface area (Å²) in [7, 11) is -3.52. The molecule has 6 heteroatoms. The smallest absolute Gasteiger partial charge is 0.240 e. The predicted octanol–water partition coefficient (Wildman–Crippen LogP) is 2.93. The van der Waals surface area contributed by atoms with Crippen molar-refractivity contribution in [2.45, 2.75) is 24.9 Å². The van der Waals surface area contributed by atoms with Gasteiger partial charge in [0.15, 0.2) is 0 Å². The zero-order valence-corrected chi connectivity index (χ0v) is 13.9. The second kappa shape index (κ2) is 7.74. The van der Waals surface area contributed by atoms with Crippen LogP contribution in [0.2, 0.25) is 5.02 Å². The van der Waals surface area contributed by atoms with Crippen molar-refractivity contribution in [1.29, 1.82) is 0 Å². The highest BCUT2D eigenvalue weighted by molar-refractivity contribution is 7.89. The van der Waals surface area contributed by atoms with Crippen LogP contribution in [0, 0.1) is 0 Å². The quantitative estimate of drug-likeness (QED) is 0.816. The summed E-state index contributed by atoms with van der Waals surface area (Å²) in [4.78, 5) is 0.259. The lowest BCUT2D eigenvalue weighted by Gasteiger charge is -2.08. The Morgan fingerprint density at radius 2 is 1.73 bits per heavy atom. The maximum Gasteiger partial charge on any atom is 0.240 e. The summed E-state index contributed by atoms with van der Waals surface area (Å²) < 4.78 is 27.1. The molecule has 0 bridgehead atoms. The second-order valence-electron chi connectivity index (χ2n) is 4.88. The van der Waals surface area contributed by atoms with Gasteiger partial charge in [-0.15, -0.1) is 0 Å². The van der Waals surface area contributed by atoms with Crippen LogP contribution < -0.4 is 10.0 Å². The molecule has 0 saturated carbocycles. The monoisotopic (exact) mass is 338 g/mol. The first-order valence-corrected chi connectivity index (χ1v) is 8.91. The third-order valence-corrected chi connectivity index (χ3v) is 4.82. The minimum atomic E-state index is -3.52. The number of sulfonamides is 1. The van der Waals surface area contributed by atoms with Crippen molar-refractivity contribution in [3.05, 3.63) is 64.7 Å². The Hall–Kier alpha value is -1.40. The fourth-order valence-corrected chi connectivity index (χ4v) is 3.20. The fraction of sp³-hybridized carbons (Fsp3) is 0.250. The molecule has 0 aliphatic carbocycles. The number of benzene rings is 2. The minimum Gasteiger partial charge on any atom is -0.313 e. The maximum absolute atomic E-state index is 12.3. The Kier molecular flexibility index (Phi) is 5.97. The van der Waals surface area contributed by atoms with Gasteiger partial charge in [-0.05, 0) is 41.9 Å². The lowest BCUT2D eigenvalue weighted by Crippen LogP contribution is -2.23. The van der Waals surface area contributed by atoms with Crippen LogP contribution in [-0.4, -0.2) is 15.0 Å². The highest BCUT2D eigenvalue weighted by atomic mass is 35.5. The molecule has 4 nitrogen and oxygen atoms in total. The van der Waals surface area contributed by atoms with Crippen molar-refractivity contribution in [1.82, 2.24) is 10.0 Å². The molecule has 2 aromatic rings. The van der Waals surface area contributed by atoms with Gasteiger partial charge in [-0.2, -0.15) is 0 Å². The topological polar surface area (TPSA) is 58.2 Å². The van der Waals surface area contributed by atoms with Gasteiger partial charge >= 0.3 is 0 Å². The Bertz CT molecular complexity index is 715. The summed E-state index contributed by atoms with van der Waals surface area (Å²) in [6, 6.07) is 14.0.